The van der Waals surface area contributed by atoms with E-state index in [1.807, 2.05) is 0 Å². The van der Waals surface area contributed by atoms with E-state index in [-0.39, 0.29) is 17.3 Å². The number of benzene rings is 1. The van der Waals surface area contributed by atoms with Crippen LogP contribution in [0.25, 0.3) is 0 Å². The zero-order chi connectivity index (χ0) is 15.6. The van der Waals surface area contributed by atoms with Crippen molar-refractivity contribution < 1.29 is 23.1 Å². The van der Waals surface area contributed by atoms with Crippen LogP contribution in [0.3, 0.4) is 0 Å². The normalized spacial score (nSPS) is 19.4. The number of carboxylic acid groups (broad SMARTS) is 1. The number of hydrogen-bond acceptors (Lipinski definition) is 5. The van der Waals surface area contributed by atoms with Crippen molar-refractivity contribution in [3.63, 3.8) is 0 Å². The minimum atomic E-state index is -3.86. The van der Waals surface area contributed by atoms with Gasteiger partial charge in [-0.15, -0.1) is 11.8 Å². The molecule has 0 aliphatic carbocycles. The lowest BCUT2D eigenvalue weighted by molar-refractivity contribution is -0.138. The molecule has 2 rings (SSSR count). The number of nitrogens with zero attached hydrogens (tertiary/aromatic N) is 1. The molecule has 21 heavy (non-hydrogen) atoms. The summed E-state index contributed by atoms with van der Waals surface area (Å²) < 4.78 is 25.9. The largest absolute Gasteiger partial charge is 0.479 e. The number of carbonyl (C=O) groups excluding carboxylic acids is 1. The Labute approximate surface area is 126 Å². The van der Waals surface area contributed by atoms with Crippen LogP contribution in [0.1, 0.15) is 6.92 Å². The van der Waals surface area contributed by atoms with Crippen LogP contribution in [-0.4, -0.2) is 47.4 Å². The van der Waals surface area contributed by atoms with Crippen molar-refractivity contribution in [3.8, 4) is 0 Å². The van der Waals surface area contributed by atoms with E-state index in [0.717, 1.165) is 16.1 Å². The fourth-order valence-corrected chi connectivity index (χ4v) is 4.95. The molecule has 0 radical (unpaired) electrons. The molecule has 1 amide bonds. The highest BCUT2D eigenvalue weighted by Crippen LogP contribution is 2.30. The maximum atomic E-state index is 12.4. The topological polar surface area (TPSA) is 104 Å². The summed E-state index contributed by atoms with van der Waals surface area (Å²) in [5.74, 6) is -0.983. The number of rotatable bonds is 4. The van der Waals surface area contributed by atoms with E-state index in [4.69, 9.17) is 5.11 Å². The molecular formula is C12H14N2O5S2. The number of aliphatic carboxylic acids is 1. The summed E-state index contributed by atoms with van der Waals surface area (Å²) in [5, 5.41) is 10.5. The van der Waals surface area contributed by atoms with Gasteiger partial charge in [0.05, 0.1) is 4.90 Å². The van der Waals surface area contributed by atoms with Crippen molar-refractivity contribution in [1.29, 1.82) is 0 Å². The first-order chi connectivity index (χ1) is 9.82. The second kappa shape index (κ2) is 6.04. The molecule has 1 aliphatic heterocycles. The van der Waals surface area contributed by atoms with Gasteiger partial charge in [0.15, 0.2) is 5.37 Å². The zero-order valence-corrected chi connectivity index (χ0v) is 12.8. The van der Waals surface area contributed by atoms with Crippen molar-refractivity contribution in [3.05, 3.63) is 24.3 Å². The Kier molecular flexibility index (Phi) is 4.55. The summed E-state index contributed by atoms with van der Waals surface area (Å²) in [7, 11) is -3.86. The van der Waals surface area contributed by atoms with Gasteiger partial charge in [-0.2, -0.15) is 4.31 Å². The SMILES string of the molecule is CC(=O)Nc1ccc(S(=O)(=O)N2CCS[C@H]2C(=O)O)cc1. The van der Waals surface area contributed by atoms with Crippen LogP contribution in [0, 0.1) is 0 Å². The summed E-state index contributed by atoms with van der Waals surface area (Å²) in [5.41, 5.74) is 0.479. The van der Waals surface area contributed by atoms with Gasteiger partial charge in [0.2, 0.25) is 15.9 Å². The number of nitrogens with one attached hydrogen (secondary N) is 1. The molecule has 0 unspecified atom stereocenters. The van der Waals surface area contributed by atoms with Crippen molar-refractivity contribution in [2.75, 3.05) is 17.6 Å². The van der Waals surface area contributed by atoms with Gasteiger partial charge in [-0.05, 0) is 24.3 Å². The first-order valence-corrected chi connectivity index (χ1v) is 8.55. The average Bonchev–Trinajstić information content (AvgIpc) is 2.88. The molecule has 114 valence electrons. The van der Waals surface area contributed by atoms with E-state index in [0.29, 0.717) is 11.4 Å². The fraction of sp³-hybridized carbons (Fsp3) is 0.333. The van der Waals surface area contributed by atoms with Gasteiger partial charge in [-0.25, -0.2) is 13.2 Å². The minimum absolute atomic E-state index is 0.00496. The highest BCUT2D eigenvalue weighted by molar-refractivity contribution is 8.02. The van der Waals surface area contributed by atoms with E-state index in [1.165, 1.54) is 31.2 Å². The van der Waals surface area contributed by atoms with E-state index >= 15 is 0 Å². The summed E-state index contributed by atoms with van der Waals surface area (Å²) in [6, 6.07) is 5.63. The van der Waals surface area contributed by atoms with Crippen LogP contribution < -0.4 is 5.32 Å². The second-order valence-corrected chi connectivity index (χ2v) is 7.46. The molecule has 7 nitrogen and oxygen atoms in total. The predicted molar refractivity (Wildman–Crippen MR) is 78.5 cm³/mol. The molecule has 9 heteroatoms. The molecule has 0 saturated carbocycles. The molecule has 1 heterocycles. The highest BCUT2D eigenvalue weighted by atomic mass is 32.2. The van der Waals surface area contributed by atoms with Gasteiger partial charge in [0.1, 0.15) is 0 Å². The van der Waals surface area contributed by atoms with E-state index < -0.39 is 21.4 Å². The quantitative estimate of drug-likeness (QED) is 0.846. The Morgan fingerprint density at radius 2 is 1.95 bits per heavy atom. The Bertz CT molecular complexity index is 657. The molecule has 0 aromatic heterocycles. The number of hydrogen-bond donors (Lipinski definition) is 2. The predicted octanol–water partition coefficient (Wildman–Crippen LogP) is 0.793. The average molecular weight is 330 g/mol. The number of anilines is 1. The first-order valence-electron chi connectivity index (χ1n) is 6.06. The van der Waals surface area contributed by atoms with Gasteiger partial charge >= 0.3 is 5.97 Å². The molecule has 1 aliphatic rings. The minimum Gasteiger partial charge on any atom is -0.479 e. The second-order valence-electron chi connectivity index (χ2n) is 4.38. The third kappa shape index (κ3) is 3.36. The van der Waals surface area contributed by atoms with Crippen LogP contribution in [0.5, 0.6) is 0 Å². The summed E-state index contributed by atoms with van der Waals surface area (Å²) in [6.45, 7) is 1.51. The van der Waals surface area contributed by atoms with Gasteiger partial charge in [0, 0.05) is 24.9 Å². The van der Waals surface area contributed by atoms with Crippen LogP contribution in [-0.2, 0) is 19.6 Å². The van der Waals surface area contributed by atoms with Gasteiger partial charge in [-0.3, -0.25) is 4.79 Å². The van der Waals surface area contributed by atoms with Crippen molar-refractivity contribution in [2.45, 2.75) is 17.2 Å². The Morgan fingerprint density at radius 1 is 1.33 bits per heavy atom. The van der Waals surface area contributed by atoms with Crippen molar-refractivity contribution >= 4 is 39.3 Å². The molecule has 2 N–H and O–H groups in total. The highest BCUT2D eigenvalue weighted by Gasteiger charge is 2.40. The number of amides is 1. The molecule has 1 saturated heterocycles. The number of carboxylic acids is 1. The van der Waals surface area contributed by atoms with Gasteiger partial charge in [-0.1, -0.05) is 0 Å². The van der Waals surface area contributed by atoms with Crippen LogP contribution in [0.2, 0.25) is 0 Å². The Balaban J connectivity index is 2.27. The van der Waals surface area contributed by atoms with Gasteiger partial charge in [0.25, 0.3) is 0 Å². The molecule has 1 aromatic carbocycles. The van der Waals surface area contributed by atoms with Crippen molar-refractivity contribution in [2.24, 2.45) is 0 Å². The Morgan fingerprint density at radius 3 is 2.48 bits per heavy atom. The number of thioether (sulfide) groups is 1. The lowest BCUT2D eigenvalue weighted by atomic mass is 10.3. The first kappa shape index (κ1) is 15.8. The van der Waals surface area contributed by atoms with Crippen molar-refractivity contribution in [1.82, 2.24) is 4.31 Å². The lowest BCUT2D eigenvalue weighted by Crippen LogP contribution is -2.39. The summed E-state index contributed by atoms with van der Waals surface area (Å²) >= 11 is 1.08. The van der Waals surface area contributed by atoms with E-state index in [9.17, 15) is 18.0 Å². The van der Waals surface area contributed by atoms with Crippen LogP contribution >= 0.6 is 11.8 Å². The number of carbonyl (C=O) groups is 2. The molecule has 1 fully saturated rings. The maximum Gasteiger partial charge on any atom is 0.332 e. The molecule has 0 bridgehead atoms. The van der Waals surface area contributed by atoms with Gasteiger partial charge < -0.3 is 10.4 Å². The maximum absolute atomic E-state index is 12.4. The number of sulfonamides is 1. The fourth-order valence-electron chi connectivity index (χ4n) is 1.94. The Hall–Kier alpha value is -1.58. The molecular weight excluding hydrogens is 316 g/mol. The summed E-state index contributed by atoms with van der Waals surface area (Å²) in [4.78, 5) is 22.0. The summed E-state index contributed by atoms with van der Waals surface area (Å²) in [6.07, 6.45) is 0. The standard InChI is InChI=1S/C12H14N2O5S2/c1-8(15)13-9-2-4-10(5-3-9)21(18,19)14-6-7-20-11(14)12(16)17/h2-5,11H,6-7H2,1H3,(H,13,15)(H,16,17)/t11-/m0/s1. The smallest absolute Gasteiger partial charge is 0.332 e. The monoisotopic (exact) mass is 330 g/mol. The van der Waals surface area contributed by atoms with Crippen LogP contribution in [0.4, 0.5) is 5.69 Å². The van der Waals surface area contributed by atoms with Crippen LogP contribution in [0.15, 0.2) is 29.2 Å². The molecule has 1 atom stereocenters. The lowest BCUT2D eigenvalue weighted by Gasteiger charge is -2.20. The third-order valence-electron chi connectivity index (χ3n) is 2.84. The molecule has 1 aromatic rings. The third-order valence-corrected chi connectivity index (χ3v) is 6.04. The molecule has 0 spiro atoms. The van der Waals surface area contributed by atoms with E-state index in [1.54, 1.807) is 0 Å². The van der Waals surface area contributed by atoms with E-state index in [2.05, 4.69) is 5.32 Å². The zero-order valence-electron chi connectivity index (χ0n) is 11.1.